The van der Waals surface area contributed by atoms with Crippen molar-refractivity contribution in [1.29, 1.82) is 0 Å². The van der Waals surface area contributed by atoms with E-state index in [-0.39, 0.29) is 17.7 Å². The lowest BCUT2D eigenvalue weighted by atomic mass is 9.75. The van der Waals surface area contributed by atoms with E-state index < -0.39 is 5.41 Å². The maximum absolute atomic E-state index is 11.8. The first kappa shape index (κ1) is 11.2. The Balaban J connectivity index is 2.92. The van der Waals surface area contributed by atoms with Gasteiger partial charge in [-0.05, 0) is 25.7 Å². The van der Waals surface area contributed by atoms with E-state index in [1.165, 1.54) is 0 Å². The third-order valence-corrected chi connectivity index (χ3v) is 3.10. The van der Waals surface area contributed by atoms with Gasteiger partial charge < -0.3 is 4.74 Å². The molecule has 0 aliphatic heterocycles. The Bertz CT molecular complexity index is 245. The van der Waals surface area contributed by atoms with Gasteiger partial charge in [-0.15, -0.1) is 0 Å². The number of rotatable bonds is 3. The highest BCUT2D eigenvalue weighted by Crippen LogP contribution is 2.42. The van der Waals surface area contributed by atoms with Gasteiger partial charge >= 0.3 is 5.97 Å². The van der Waals surface area contributed by atoms with Crippen LogP contribution in [0, 0.1) is 11.3 Å². The van der Waals surface area contributed by atoms with Crippen molar-refractivity contribution >= 4 is 11.8 Å². The molecule has 14 heavy (non-hydrogen) atoms. The second kappa shape index (κ2) is 4.11. The van der Waals surface area contributed by atoms with Crippen molar-refractivity contribution in [3.05, 3.63) is 0 Å². The van der Waals surface area contributed by atoms with Gasteiger partial charge in [0, 0.05) is 6.42 Å². The summed E-state index contributed by atoms with van der Waals surface area (Å²) in [6.45, 7) is 5.95. The molecular weight excluding hydrogens is 180 g/mol. The number of hydrogen-bond donors (Lipinski definition) is 0. The molecule has 3 nitrogen and oxygen atoms in total. The molecule has 0 heterocycles. The molecular formula is C11H18O3. The molecule has 1 rings (SSSR count). The van der Waals surface area contributed by atoms with Crippen LogP contribution in [0.3, 0.4) is 0 Å². The normalized spacial score (nSPS) is 27.0. The topological polar surface area (TPSA) is 43.4 Å². The summed E-state index contributed by atoms with van der Waals surface area (Å²) in [6.07, 6.45) is 2.00. The summed E-state index contributed by atoms with van der Waals surface area (Å²) < 4.78 is 5.00. The Hall–Kier alpha value is -0.860. The molecule has 80 valence electrons. The molecule has 0 spiro atoms. The van der Waals surface area contributed by atoms with Crippen molar-refractivity contribution < 1.29 is 14.3 Å². The summed E-state index contributed by atoms with van der Waals surface area (Å²) in [5.74, 6) is -0.222. The molecule has 3 heteroatoms. The van der Waals surface area contributed by atoms with Crippen molar-refractivity contribution in [3.8, 4) is 0 Å². The molecule has 0 N–H and O–H groups in total. The van der Waals surface area contributed by atoms with E-state index in [1.54, 1.807) is 6.92 Å². The fourth-order valence-electron chi connectivity index (χ4n) is 2.21. The molecule has 0 aromatic carbocycles. The highest BCUT2D eigenvalue weighted by molar-refractivity contribution is 6.05. The number of carbonyl (C=O) groups excluding carboxylic acids is 2. The maximum atomic E-state index is 11.8. The second-order valence-electron chi connectivity index (χ2n) is 4.12. The van der Waals surface area contributed by atoms with Gasteiger partial charge in [0.05, 0.1) is 6.61 Å². The summed E-state index contributed by atoms with van der Waals surface area (Å²) in [5, 5.41) is 0. The minimum Gasteiger partial charge on any atom is -0.465 e. The lowest BCUT2D eigenvalue weighted by Gasteiger charge is -2.28. The molecule has 1 saturated carbocycles. The van der Waals surface area contributed by atoms with Gasteiger partial charge in [0.25, 0.3) is 0 Å². The van der Waals surface area contributed by atoms with Crippen LogP contribution >= 0.6 is 0 Å². The van der Waals surface area contributed by atoms with Crippen molar-refractivity contribution in [2.75, 3.05) is 6.61 Å². The zero-order chi connectivity index (χ0) is 10.8. The van der Waals surface area contributed by atoms with Crippen LogP contribution in [0.25, 0.3) is 0 Å². The van der Waals surface area contributed by atoms with E-state index >= 15 is 0 Å². The van der Waals surface area contributed by atoms with E-state index in [4.69, 9.17) is 4.74 Å². The van der Waals surface area contributed by atoms with Gasteiger partial charge in [0.1, 0.15) is 11.2 Å². The van der Waals surface area contributed by atoms with Crippen LogP contribution in [0.15, 0.2) is 0 Å². The van der Waals surface area contributed by atoms with Crippen molar-refractivity contribution in [1.82, 2.24) is 0 Å². The lowest BCUT2D eigenvalue weighted by Crippen LogP contribution is -2.41. The molecule has 0 radical (unpaired) electrons. The number of esters is 1. The molecule has 0 aromatic rings. The molecule has 1 fully saturated rings. The van der Waals surface area contributed by atoms with Crippen molar-refractivity contribution in [3.63, 3.8) is 0 Å². The summed E-state index contributed by atoms with van der Waals surface area (Å²) in [4.78, 5) is 23.5. The Morgan fingerprint density at radius 2 is 2.21 bits per heavy atom. The zero-order valence-electron chi connectivity index (χ0n) is 9.13. The van der Waals surface area contributed by atoms with E-state index in [2.05, 4.69) is 0 Å². The summed E-state index contributed by atoms with van der Waals surface area (Å²) >= 11 is 0. The molecule has 0 amide bonds. The van der Waals surface area contributed by atoms with Gasteiger partial charge in [0.15, 0.2) is 0 Å². The van der Waals surface area contributed by atoms with Gasteiger partial charge in [0.2, 0.25) is 0 Å². The SMILES string of the molecule is CCOC(=O)[C@]1(C(C)C)CCCC1=O. The third kappa shape index (κ3) is 1.56. The number of ether oxygens (including phenoxy) is 1. The van der Waals surface area contributed by atoms with Crippen molar-refractivity contribution in [2.24, 2.45) is 11.3 Å². The molecule has 1 atom stereocenters. The quantitative estimate of drug-likeness (QED) is 0.514. The summed E-state index contributed by atoms with van der Waals surface area (Å²) in [7, 11) is 0. The first-order valence-electron chi connectivity index (χ1n) is 5.26. The predicted molar refractivity (Wildman–Crippen MR) is 52.8 cm³/mol. The number of ketones is 1. The number of Topliss-reactive ketones (excluding diaryl/α,β-unsaturated/α-hetero) is 1. The third-order valence-electron chi connectivity index (χ3n) is 3.10. The van der Waals surface area contributed by atoms with Crippen LogP contribution in [-0.4, -0.2) is 18.4 Å². The predicted octanol–water partition coefficient (Wildman–Crippen LogP) is 1.94. The highest BCUT2D eigenvalue weighted by Gasteiger charge is 2.51. The Morgan fingerprint density at radius 1 is 1.57 bits per heavy atom. The van der Waals surface area contributed by atoms with Gasteiger partial charge in [-0.3, -0.25) is 9.59 Å². The van der Waals surface area contributed by atoms with Crippen molar-refractivity contribution in [2.45, 2.75) is 40.0 Å². The summed E-state index contributed by atoms with van der Waals surface area (Å²) in [5.41, 5.74) is -0.837. The zero-order valence-corrected chi connectivity index (χ0v) is 9.13. The standard InChI is InChI=1S/C11H18O3/c1-4-14-10(13)11(8(2)3)7-5-6-9(11)12/h8H,4-7H2,1-3H3/t11-/m0/s1. The molecule has 0 aromatic heterocycles. The number of hydrogen-bond acceptors (Lipinski definition) is 3. The lowest BCUT2D eigenvalue weighted by molar-refractivity contribution is -0.161. The van der Waals surface area contributed by atoms with E-state index in [0.29, 0.717) is 19.4 Å². The maximum Gasteiger partial charge on any atom is 0.319 e. The minimum atomic E-state index is -0.837. The fraction of sp³-hybridized carbons (Fsp3) is 0.818. The molecule has 0 unspecified atom stereocenters. The molecule has 0 bridgehead atoms. The largest absolute Gasteiger partial charge is 0.465 e. The van der Waals surface area contributed by atoms with Gasteiger partial charge in [-0.1, -0.05) is 13.8 Å². The van der Waals surface area contributed by atoms with E-state index in [9.17, 15) is 9.59 Å². The minimum absolute atomic E-state index is 0.0385. The average Bonchev–Trinajstić information content (AvgIpc) is 2.48. The Kier molecular flexibility index (Phi) is 3.29. The summed E-state index contributed by atoms with van der Waals surface area (Å²) in [6, 6.07) is 0. The van der Waals surface area contributed by atoms with Crippen LogP contribution < -0.4 is 0 Å². The van der Waals surface area contributed by atoms with Gasteiger partial charge in [-0.2, -0.15) is 0 Å². The number of carbonyl (C=O) groups is 2. The van der Waals surface area contributed by atoms with Crippen LogP contribution in [0.1, 0.15) is 40.0 Å². The first-order chi connectivity index (χ1) is 6.55. The highest BCUT2D eigenvalue weighted by atomic mass is 16.5. The van der Waals surface area contributed by atoms with Crippen LogP contribution in [0.4, 0.5) is 0 Å². The Morgan fingerprint density at radius 3 is 2.57 bits per heavy atom. The Labute approximate surface area is 84.8 Å². The monoisotopic (exact) mass is 198 g/mol. The molecule has 1 aliphatic rings. The van der Waals surface area contributed by atoms with Crippen LogP contribution in [0.5, 0.6) is 0 Å². The van der Waals surface area contributed by atoms with Crippen LogP contribution in [-0.2, 0) is 14.3 Å². The smallest absolute Gasteiger partial charge is 0.319 e. The fourth-order valence-corrected chi connectivity index (χ4v) is 2.21. The van der Waals surface area contributed by atoms with Gasteiger partial charge in [-0.25, -0.2) is 0 Å². The van der Waals surface area contributed by atoms with E-state index in [0.717, 1.165) is 6.42 Å². The van der Waals surface area contributed by atoms with Crippen LogP contribution in [0.2, 0.25) is 0 Å². The molecule has 0 saturated heterocycles. The first-order valence-corrected chi connectivity index (χ1v) is 5.26. The van der Waals surface area contributed by atoms with E-state index in [1.807, 2.05) is 13.8 Å². The average molecular weight is 198 g/mol. The second-order valence-corrected chi connectivity index (χ2v) is 4.12. The molecule has 1 aliphatic carbocycles.